The Morgan fingerprint density at radius 3 is 2.17 bits per heavy atom. The number of halogens is 1. The second kappa shape index (κ2) is 6.63. The van der Waals surface area contributed by atoms with Crippen molar-refractivity contribution in [1.82, 2.24) is 30.6 Å². The molecule has 2 unspecified atom stereocenters. The van der Waals surface area contributed by atoms with Gasteiger partial charge in [0.1, 0.15) is 17.4 Å². The maximum atomic E-state index is 6.23. The molecule has 2 saturated heterocycles. The Labute approximate surface area is 140 Å². The van der Waals surface area contributed by atoms with E-state index in [0.29, 0.717) is 0 Å². The molecule has 4 heterocycles. The van der Waals surface area contributed by atoms with Crippen molar-refractivity contribution in [2.75, 3.05) is 13.1 Å². The molecule has 0 aliphatic carbocycles. The van der Waals surface area contributed by atoms with E-state index in [2.05, 4.69) is 30.6 Å². The van der Waals surface area contributed by atoms with Gasteiger partial charge in [-0.1, -0.05) is 12.8 Å². The van der Waals surface area contributed by atoms with Gasteiger partial charge in [-0.25, -0.2) is 19.9 Å². The predicted octanol–water partition coefficient (Wildman–Crippen LogP) is 2.70. The van der Waals surface area contributed by atoms with E-state index < -0.39 is 0 Å². The van der Waals surface area contributed by atoms with E-state index in [0.717, 1.165) is 48.4 Å². The fraction of sp³-hybridized carbons (Fsp3) is 0.625. The van der Waals surface area contributed by atoms with Crippen molar-refractivity contribution in [3.8, 4) is 0 Å². The predicted molar refractivity (Wildman–Crippen MR) is 89.3 cm³/mol. The van der Waals surface area contributed by atoms with E-state index in [-0.39, 0.29) is 17.4 Å². The van der Waals surface area contributed by atoms with Crippen molar-refractivity contribution in [2.24, 2.45) is 0 Å². The molecular weight excluding hydrogens is 312 g/mol. The molecule has 2 fully saturated rings. The van der Waals surface area contributed by atoms with Crippen LogP contribution in [0.2, 0.25) is 5.28 Å². The van der Waals surface area contributed by atoms with Crippen LogP contribution >= 0.6 is 11.6 Å². The lowest BCUT2D eigenvalue weighted by Crippen LogP contribution is -2.29. The van der Waals surface area contributed by atoms with Crippen molar-refractivity contribution in [1.29, 1.82) is 0 Å². The first-order valence-electron chi connectivity index (χ1n) is 8.48. The fourth-order valence-corrected chi connectivity index (χ4v) is 3.80. The van der Waals surface area contributed by atoms with Crippen LogP contribution in [0.3, 0.4) is 0 Å². The van der Waals surface area contributed by atoms with E-state index in [1.54, 1.807) is 6.33 Å². The number of fused-ring (bicyclic) bond motifs is 1. The summed E-state index contributed by atoms with van der Waals surface area (Å²) in [5, 5.41) is 7.35. The summed E-state index contributed by atoms with van der Waals surface area (Å²) in [4.78, 5) is 18.0. The number of nitrogens with zero attached hydrogens (tertiary/aromatic N) is 4. The zero-order chi connectivity index (χ0) is 15.6. The van der Waals surface area contributed by atoms with Crippen molar-refractivity contribution in [3.05, 3.63) is 23.0 Å². The Morgan fingerprint density at radius 2 is 1.52 bits per heavy atom. The number of nitrogens with one attached hydrogen (secondary N) is 2. The van der Waals surface area contributed by atoms with Gasteiger partial charge in [-0.15, -0.1) is 0 Å². The summed E-state index contributed by atoms with van der Waals surface area (Å²) in [6, 6.07) is 0.432. The van der Waals surface area contributed by atoms with Crippen LogP contribution in [0.4, 0.5) is 0 Å². The number of hydrogen-bond acceptors (Lipinski definition) is 6. The first-order chi connectivity index (χ1) is 11.3. The zero-order valence-corrected chi connectivity index (χ0v) is 13.8. The smallest absolute Gasteiger partial charge is 0.223 e. The first-order valence-corrected chi connectivity index (χ1v) is 8.85. The van der Waals surface area contributed by atoms with Crippen LogP contribution < -0.4 is 10.6 Å². The molecular formula is C16H21ClN6. The second-order valence-corrected chi connectivity index (χ2v) is 6.68. The third kappa shape index (κ3) is 3.03. The summed E-state index contributed by atoms with van der Waals surface area (Å²) >= 11 is 6.23. The summed E-state index contributed by atoms with van der Waals surface area (Å²) in [6.07, 6.45) is 8.60. The highest BCUT2D eigenvalue weighted by molar-refractivity contribution is 6.28. The van der Waals surface area contributed by atoms with Gasteiger partial charge >= 0.3 is 0 Å². The Balaban J connectivity index is 1.81. The van der Waals surface area contributed by atoms with Gasteiger partial charge in [-0.3, -0.25) is 0 Å². The van der Waals surface area contributed by atoms with Crippen LogP contribution in [0.5, 0.6) is 0 Å². The number of rotatable bonds is 2. The highest BCUT2D eigenvalue weighted by Crippen LogP contribution is 2.31. The summed E-state index contributed by atoms with van der Waals surface area (Å²) in [7, 11) is 0. The maximum Gasteiger partial charge on any atom is 0.223 e. The van der Waals surface area contributed by atoms with Gasteiger partial charge < -0.3 is 10.6 Å². The van der Waals surface area contributed by atoms with E-state index in [4.69, 9.17) is 11.6 Å². The minimum Gasteiger partial charge on any atom is -0.309 e. The standard InChI is InChI=1S/C16H21ClN6/c17-16-22-13(11-6-2-4-8-19-11)14-15(23-16)12(20-9-21-14)10-5-1-3-7-18-10/h9-11,18-19H,1-8H2. The average molecular weight is 333 g/mol. The molecule has 4 rings (SSSR count). The summed E-state index contributed by atoms with van der Waals surface area (Å²) in [6.45, 7) is 2.03. The first kappa shape index (κ1) is 15.2. The molecule has 2 aliphatic heterocycles. The van der Waals surface area contributed by atoms with E-state index in [1.165, 1.54) is 25.7 Å². The lowest BCUT2D eigenvalue weighted by atomic mass is 9.98. The molecule has 23 heavy (non-hydrogen) atoms. The van der Waals surface area contributed by atoms with Gasteiger partial charge in [0, 0.05) is 0 Å². The molecule has 2 atom stereocenters. The minimum atomic E-state index is 0.203. The lowest BCUT2D eigenvalue weighted by Gasteiger charge is -2.25. The monoisotopic (exact) mass is 332 g/mol. The van der Waals surface area contributed by atoms with Gasteiger partial charge in [-0.2, -0.15) is 0 Å². The maximum absolute atomic E-state index is 6.23. The van der Waals surface area contributed by atoms with Gasteiger partial charge in [-0.05, 0) is 50.4 Å². The molecule has 0 amide bonds. The van der Waals surface area contributed by atoms with Crippen molar-refractivity contribution in [2.45, 2.75) is 50.6 Å². The minimum absolute atomic E-state index is 0.203. The van der Waals surface area contributed by atoms with Gasteiger partial charge in [0.25, 0.3) is 0 Å². The SMILES string of the molecule is Clc1nc(C2CCCCN2)c2ncnc(C3CCCCN3)c2n1. The summed E-state index contributed by atoms with van der Waals surface area (Å²) < 4.78 is 0. The number of piperidine rings is 2. The van der Waals surface area contributed by atoms with Crippen molar-refractivity contribution >= 4 is 22.6 Å². The Hall–Kier alpha value is -1.37. The van der Waals surface area contributed by atoms with Crippen LogP contribution in [-0.4, -0.2) is 33.0 Å². The van der Waals surface area contributed by atoms with Gasteiger partial charge in [0.2, 0.25) is 5.28 Å². The van der Waals surface area contributed by atoms with Crippen LogP contribution in [-0.2, 0) is 0 Å². The zero-order valence-electron chi connectivity index (χ0n) is 13.1. The van der Waals surface area contributed by atoms with E-state index >= 15 is 0 Å². The summed E-state index contributed by atoms with van der Waals surface area (Å²) in [5.41, 5.74) is 3.51. The third-order valence-electron chi connectivity index (χ3n) is 4.79. The molecule has 0 saturated carbocycles. The Kier molecular flexibility index (Phi) is 4.37. The quantitative estimate of drug-likeness (QED) is 0.823. The Morgan fingerprint density at radius 1 is 0.826 bits per heavy atom. The number of hydrogen-bond donors (Lipinski definition) is 2. The molecule has 0 radical (unpaired) electrons. The Bertz CT molecular complexity index is 694. The molecule has 0 aromatic carbocycles. The molecule has 7 heteroatoms. The van der Waals surface area contributed by atoms with Crippen molar-refractivity contribution < 1.29 is 0 Å². The third-order valence-corrected chi connectivity index (χ3v) is 4.96. The fourth-order valence-electron chi connectivity index (χ4n) is 3.63. The molecule has 0 spiro atoms. The highest BCUT2D eigenvalue weighted by atomic mass is 35.5. The van der Waals surface area contributed by atoms with E-state index in [1.807, 2.05) is 0 Å². The van der Waals surface area contributed by atoms with Crippen LogP contribution in [0.25, 0.3) is 11.0 Å². The van der Waals surface area contributed by atoms with Crippen LogP contribution in [0.1, 0.15) is 62.0 Å². The molecule has 122 valence electrons. The highest BCUT2D eigenvalue weighted by Gasteiger charge is 2.25. The topological polar surface area (TPSA) is 75.6 Å². The molecule has 6 nitrogen and oxygen atoms in total. The normalized spacial score (nSPS) is 25.6. The van der Waals surface area contributed by atoms with E-state index in [9.17, 15) is 0 Å². The molecule has 2 aromatic heterocycles. The molecule has 2 aromatic rings. The molecule has 0 bridgehead atoms. The van der Waals surface area contributed by atoms with Gasteiger partial charge in [0.15, 0.2) is 0 Å². The molecule has 2 N–H and O–H groups in total. The lowest BCUT2D eigenvalue weighted by molar-refractivity contribution is 0.404. The average Bonchev–Trinajstić information content (AvgIpc) is 2.62. The van der Waals surface area contributed by atoms with Crippen LogP contribution in [0.15, 0.2) is 6.33 Å². The number of aromatic nitrogens is 4. The van der Waals surface area contributed by atoms with Crippen LogP contribution in [0, 0.1) is 0 Å². The largest absolute Gasteiger partial charge is 0.309 e. The second-order valence-electron chi connectivity index (χ2n) is 6.34. The molecule has 2 aliphatic rings. The van der Waals surface area contributed by atoms with Crippen molar-refractivity contribution in [3.63, 3.8) is 0 Å². The summed E-state index contributed by atoms with van der Waals surface area (Å²) in [5.74, 6) is 0. The van der Waals surface area contributed by atoms with Gasteiger partial charge in [0.05, 0.1) is 23.5 Å².